The molecule has 108 valence electrons. The molecule has 2 aromatic rings. The molecular formula is C17H23ClN2. The van der Waals surface area contributed by atoms with Gasteiger partial charge in [0.1, 0.15) is 0 Å². The van der Waals surface area contributed by atoms with Gasteiger partial charge in [-0.15, -0.1) is 0 Å². The predicted octanol–water partition coefficient (Wildman–Crippen LogP) is 4.86. The van der Waals surface area contributed by atoms with Crippen LogP contribution in [0.25, 0.3) is 10.9 Å². The van der Waals surface area contributed by atoms with Gasteiger partial charge in [0, 0.05) is 34.2 Å². The number of halogens is 1. The average Bonchev–Trinajstić information content (AvgIpc) is 2.77. The Bertz CT molecular complexity index is 594. The van der Waals surface area contributed by atoms with Crippen LogP contribution in [-0.2, 0) is 6.54 Å². The summed E-state index contributed by atoms with van der Waals surface area (Å²) in [4.78, 5) is 2.58. The van der Waals surface area contributed by atoms with Crippen LogP contribution >= 0.6 is 11.6 Å². The normalized spacial score (nSPS) is 17.2. The van der Waals surface area contributed by atoms with Gasteiger partial charge in [0.2, 0.25) is 0 Å². The highest BCUT2D eigenvalue weighted by atomic mass is 35.5. The molecule has 1 aliphatic heterocycles. The largest absolute Gasteiger partial charge is 0.341 e. The van der Waals surface area contributed by atoms with E-state index in [1.165, 1.54) is 48.9 Å². The Labute approximate surface area is 126 Å². The molecule has 1 aromatic carbocycles. The van der Waals surface area contributed by atoms with Gasteiger partial charge >= 0.3 is 0 Å². The zero-order valence-corrected chi connectivity index (χ0v) is 13.2. The molecule has 1 fully saturated rings. The van der Waals surface area contributed by atoms with E-state index in [-0.39, 0.29) is 0 Å². The Hall–Kier alpha value is -0.990. The fourth-order valence-corrected chi connectivity index (χ4v) is 3.50. The lowest BCUT2D eigenvalue weighted by molar-refractivity contribution is 0.215. The van der Waals surface area contributed by atoms with E-state index >= 15 is 0 Å². The number of fused-ring (bicyclic) bond motifs is 1. The first kappa shape index (κ1) is 14.0. The summed E-state index contributed by atoms with van der Waals surface area (Å²) in [5, 5.41) is 2.12. The number of hydrogen-bond acceptors (Lipinski definition) is 1. The van der Waals surface area contributed by atoms with E-state index < -0.39 is 0 Å². The molecule has 1 saturated heterocycles. The minimum Gasteiger partial charge on any atom is -0.341 e. The molecule has 1 aliphatic rings. The molecule has 2 nitrogen and oxygen atoms in total. The molecule has 0 unspecified atom stereocenters. The van der Waals surface area contributed by atoms with Crippen molar-refractivity contribution in [3.8, 4) is 0 Å². The lowest BCUT2D eigenvalue weighted by Crippen LogP contribution is -2.30. The van der Waals surface area contributed by atoms with Crippen LogP contribution in [0.4, 0.5) is 0 Å². The van der Waals surface area contributed by atoms with Crippen molar-refractivity contribution < 1.29 is 0 Å². The molecule has 0 atom stereocenters. The highest BCUT2D eigenvalue weighted by molar-refractivity contribution is 6.31. The van der Waals surface area contributed by atoms with Crippen molar-refractivity contribution in [2.24, 2.45) is 0 Å². The molecule has 1 aromatic heterocycles. The molecule has 0 spiro atoms. The van der Waals surface area contributed by atoms with Crippen molar-refractivity contribution >= 4 is 22.5 Å². The van der Waals surface area contributed by atoms with E-state index in [4.69, 9.17) is 11.6 Å². The first-order valence-corrected chi connectivity index (χ1v) is 8.04. The summed E-state index contributed by atoms with van der Waals surface area (Å²) in [6.45, 7) is 8.03. The van der Waals surface area contributed by atoms with Crippen molar-refractivity contribution in [1.82, 2.24) is 9.47 Å². The summed E-state index contributed by atoms with van der Waals surface area (Å²) in [5.41, 5.74) is 2.68. The van der Waals surface area contributed by atoms with Crippen molar-refractivity contribution in [3.63, 3.8) is 0 Å². The van der Waals surface area contributed by atoms with Crippen LogP contribution < -0.4 is 0 Å². The first-order chi connectivity index (χ1) is 9.65. The van der Waals surface area contributed by atoms with Crippen LogP contribution in [0.15, 0.2) is 24.3 Å². The van der Waals surface area contributed by atoms with Gasteiger partial charge in [-0.25, -0.2) is 0 Å². The Kier molecular flexibility index (Phi) is 4.04. The SMILES string of the molecule is CC(C)n1c(CN2CCCCC2)cc2ccc(Cl)cc21. The summed E-state index contributed by atoms with van der Waals surface area (Å²) in [5.74, 6) is 0. The molecule has 3 rings (SSSR count). The predicted molar refractivity (Wildman–Crippen MR) is 86.5 cm³/mol. The fraction of sp³-hybridized carbons (Fsp3) is 0.529. The summed E-state index contributed by atoms with van der Waals surface area (Å²) in [6, 6.07) is 9.01. The standard InChI is InChI=1S/C17H23ClN2/c1-13(2)20-16(12-19-8-4-3-5-9-19)10-14-6-7-15(18)11-17(14)20/h6-7,10-11,13H,3-5,8-9,12H2,1-2H3. The second-order valence-corrected chi connectivity index (χ2v) is 6.58. The summed E-state index contributed by atoms with van der Waals surface area (Å²) in [6.07, 6.45) is 4.07. The molecule has 0 bridgehead atoms. The topological polar surface area (TPSA) is 8.17 Å². The number of nitrogens with zero attached hydrogens (tertiary/aromatic N) is 2. The van der Waals surface area contributed by atoms with E-state index in [1.54, 1.807) is 0 Å². The maximum atomic E-state index is 6.17. The Balaban J connectivity index is 1.98. The Morgan fingerprint density at radius 2 is 1.85 bits per heavy atom. The van der Waals surface area contributed by atoms with E-state index in [2.05, 4.69) is 41.5 Å². The van der Waals surface area contributed by atoms with Gasteiger partial charge in [-0.3, -0.25) is 4.90 Å². The van der Waals surface area contributed by atoms with Gasteiger partial charge in [0.15, 0.2) is 0 Å². The number of piperidine rings is 1. The number of likely N-dealkylation sites (tertiary alicyclic amines) is 1. The second-order valence-electron chi connectivity index (χ2n) is 6.14. The molecular weight excluding hydrogens is 268 g/mol. The molecule has 0 radical (unpaired) electrons. The number of benzene rings is 1. The maximum Gasteiger partial charge on any atom is 0.0500 e. The number of aromatic nitrogens is 1. The lowest BCUT2D eigenvalue weighted by atomic mass is 10.1. The van der Waals surface area contributed by atoms with E-state index in [9.17, 15) is 0 Å². The molecule has 20 heavy (non-hydrogen) atoms. The van der Waals surface area contributed by atoms with Gasteiger partial charge in [-0.1, -0.05) is 24.1 Å². The molecule has 0 N–H and O–H groups in total. The monoisotopic (exact) mass is 290 g/mol. The third-order valence-electron chi connectivity index (χ3n) is 4.23. The van der Waals surface area contributed by atoms with Crippen LogP contribution in [-0.4, -0.2) is 22.6 Å². The minimum absolute atomic E-state index is 0.464. The van der Waals surface area contributed by atoms with E-state index in [0.717, 1.165) is 11.6 Å². The van der Waals surface area contributed by atoms with Gasteiger partial charge in [-0.05, 0) is 58.0 Å². The van der Waals surface area contributed by atoms with E-state index in [0.29, 0.717) is 6.04 Å². The number of hydrogen-bond donors (Lipinski definition) is 0. The van der Waals surface area contributed by atoms with Crippen molar-refractivity contribution in [2.45, 2.75) is 45.7 Å². The highest BCUT2D eigenvalue weighted by Crippen LogP contribution is 2.28. The summed E-state index contributed by atoms with van der Waals surface area (Å²) < 4.78 is 2.44. The van der Waals surface area contributed by atoms with Gasteiger partial charge in [-0.2, -0.15) is 0 Å². The van der Waals surface area contributed by atoms with Crippen LogP contribution in [0.3, 0.4) is 0 Å². The molecule has 3 heteroatoms. The summed E-state index contributed by atoms with van der Waals surface area (Å²) in [7, 11) is 0. The molecule has 0 saturated carbocycles. The zero-order chi connectivity index (χ0) is 14.1. The van der Waals surface area contributed by atoms with Crippen LogP contribution in [0.2, 0.25) is 5.02 Å². The van der Waals surface area contributed by atoms with Crippen molar-refractivity contribution in [1.29, 1.82) is 0 Å². The quantitative estimate of drug-likeness (QED) is 0.783. The maximum absolute atomic E-state index is 6.17. The van der Waals surface area contributed by atoms with Crippen LogP contribution in [0.5, 0.6) is 0 Å². The fourth-order valence-electron chi connectivity index (χ4n) is 3.33. The van der Waals surface area contributed by atoms with Crippen molar-refractivity contribution in [2.75, 3.05) is 13.1 Å². The molecule has 2 heterocycles. The zero-order valence-electron chi connectivity index (χ0n) is 12.4. The van der Waals surface area contributed by atoms with Crippen molar-refractivity contribution in [3.05, 3.63) is 35.0 Å². The third-order valence-corrected chi connectivity index (χ3v) is 4.47. The molecule has 0 aliphatic carbocycles. The van der Waals surface area contributed by atoms with E-state index in [1.807, 2.05) is 6.07 Å². The van der Waals surface area contributed by atoms with Gasteiger partial charge < -0.3 is 4.57 Å². The average molecular weight is 291 g/mol. The Morgan fingerprint density at radius 1 is 1.10 bits per heavy atom. The summed E-state index contributed by atoms with van der Waals surface area (Å²) >= 11 is 6.17. The lowest BCUT2D eigenvalue weighted by Gasteiger charge is -2.27. The van der Waals surface area contributed by atoms with Crippen LogP contribution in [0, 0.1) is 0 Å². The first-order valence-electron chi connectivity index (χ1n) is 7.67. The number of rotatable bonds is 3. The van der Waals surface area contributed by atoms with Gasteiger partial charge in [0.05, 0.1) is 0 Å². The molecule has 0 amide bonds. The van der Waals surface area contributed by atoms with Gasteiger partial charge in [0.25, 0.3) is 0 Å². The Morgan fingerprint density at radius 3 is 2.55 bits per heavy atom. The second kappa shape index (κ2) is 5.79. The smallest absolute Gasteiger partial charge is 0.0500 e. The van der Waals surface area contributed by atoms with Crippen LogP contribution in [0.1, 0.15) is 44.8 Å². The third kappa shape index (κ3) is 2.72. The minimum atomic E-state index is 0.464. The highest BCUT2D eigenvalue weighted by Gasteiger charge is 2.16.